The first kappa shape index (κ1) is 15.4. The van der Waals surface area contributed by atoms with Gasteiger partial charge in [0.05, 0.1) is 20.9 Å². The molecule has 0 saturated carbocycles. The Bertz CT molecular complexity index is 1010. The minimum Gasteiger partial charge on any atom is -0.305 e. The van der Waals surface area contributed by atoms with Crippen LogP contribution in [0.4, 0.5) is 5.00 Å². The molecule has 3 aromatic rings. The van der Waals surface area contributed by atoms with Crippen LogP contribution in [0, 0.1) is 17.0 Å². The van der Waals surface area contributed by atoms with Gasteiger partial charge in [0.15, 0.2) is 5.82 Å². The van der Waals surface area contributed by atoms with Gasteiger partial charge in [0.25, 0.3) is 5.56 Å². The Morgan fingerprint density at radius 3 is 2.96 bits per heavy atom. The minimum absolute atomic E-state index is 0.0246. The lowest BCUT2D eigenvalue weighted by Gasteiger charge is -2.04. The van der Waals surface area contributed by atoms with Gasteiger partial charge in [-0.15, -0.1) is 0 Å². The zero-order chi connectivity index (χ0) is 16.6. The largest absolute Gasteiger partial charge is 0.324 e. The van der Waals surface area contributed by atoms with Crippen LogP contribution in [0.5, 0.6) is 0 Å². The highest BCUT2D eigenvalue weighted by atomic mass is 35.5. The highest BCUT2D eigenvalue weighted by Crippen LogP contribution is 2.27. The van der Waals surface area contributed by atoms with Gasteiger partial charge in [0, 0.05) is 11.4 Å². The molecule has 8 heteroatoms. The van der Waals surface area contributed by atoms with Gasteiger partial charge in [-0.1, -0.05) is 35.1 Å². The summed E-state index contributed by atoms with van der Waals surface area (Å²) in [6, 6.07) is 6.75. The molecule has 116 valence electrons. The van der Waals surface area contributed by atoms with E-state index in [1.807, 2.05) is 13.0 Å². The number of aromatic amines is 1. The van der Waals surface area contributed by atoms with E-state index in [-0.39, 0.29) is 21.4 Å². The van der Waals surface area contributed by atoms with E-state index in [2.05, 4.69) is 9.97 Å². The molecule has 0 spiro atoms. The molecule has 0 saturated heterocycles. The lowest BCUT2D eigenvalue weighted by atomic mass is 10.1. The zero-order valence-corrected chi connectivity index (χ0v) is 13.4. The average molecular weight is 348 g/mol. The van der Waals surface area contributed by atoms with E-state index in [1.165, 1.54) is 12.1 Å². The van der Waals surface area contributed by atoms with Crippen LogP contribution < -0.4 is 5.56 Å². The summed E-state index contributed by atoms with van der Waals surface area (Å²) in [5.74, 6) is 0.229. The van der Waals surface area contributed by atoms with Gasteiger partial charge < -0.3 is 4.98 Å². The molecule has 0 fully saturated rings. The van der Waals surface area contributed by atoms with E-state index < -0.39 is 4.92 Å². The maximum Gasteiger partial charge on any atom is 0.324 e. The predicted molar refractivity (Wildman–Crippen MR) is 91.8 cm³/mol. The van der Waals surface area contributed by atoms with Gasteiger partial charge in [-0.05, 0) is 30.2 Å². The molecule has 0 aliphatic rings. The number of rotatable bonds is 3. The number of aromatic nitrogens is 2. The highest BCUT2D eigenvalue weighted by Gasteiger charge is 2.11. The molecule has 0 aliphatic carbocycles. The third kappa shape index (κ3) is 3.01. The first-order chi connectivity index (χ1) is 11.0. The number of benzene rings is 1. The number of hydrogen-bond acceptors (Lipinski definition) is 5. The number of fused-ring (bicyclic) bond motifs is 1. The summed E-state index contributed by atoms with van der Waals surface area (Å²) >= 11 is 7.23. The van der Waals surface area contributed by atoms with Crippen LogP contribution in [0.1, 0.15) is 17.0 Å². The standard InChI is InChI=1S/C15H10ClN3O3S/c1-8-3-2-4-10-13(8)17-14(18-15(10)20)11(16)5-9-6-12(19(21)22)23-7-9/h2-7H,1H3,(H,17,18,20)/b11-5+. The summed E-state index contributed by atoms with van der Waals surface area (Å²) in [7, 11) is 0. The zero-order valence-electron chi connectivity index (χ0n) is 11.9. The molecule has 2 aromatic heterocycles. The number of nitrogens with zero attached hydrogens (tertiary/aromatic N) is 2. The smallest absolute Gasteiger partial charge is 0.305 e. The first-order valence-corrected chi connectivity index (χ1v) is 7.81. The second kappa shape index (κ2) is 5.94. The minimum atomic E-state index is -0.463. The van der Waals surface area contributed by atoms with Gasteiger partial charge >= 0.3 is 5.00 Å². The molecule has 0 unspecified atom stereocenters. The molecule has 0 bridgehead atoms. The normalized spacial score (nSPS) is 11.8. The van der Waals surface area contributed by atoms with Crippen molar-refractivity contribution in [2.45, 2.75) is 6.92 Å². The van der Waals surface area contributed by atoms with E-state index in [0.717, 1.165) is 16.9 Å². The van der Waals surface area contributed by atoms with Crippen molar-refractivity contribution in [1.82, 2.24) is 9.97 Å². The third-order valence-corrected chi connectivity index (χ3v) is 4.43. The fourth-order valence-corrected chi connectivity index (χ4v) is 3.04. The Morgan fingerprint density at radius 1 is 1.48 bits per heavy atom. The van der Waals surface area contributed by atoms with E-state index >= 15 is 0 Å². The van der Waals surface area contributed by atoms with E-state index in [9.17, 15) is 14.9 Å². The van der Waals surface area contributed by atoms with Crippen molar-refractivity contribution in [3.63, 3.8) is 0 Å². The molecule has 0 atom stereocenters. The third-order valence-electron chi connectivity index (χ3n) is 3.24. The van der Waals surface area contributed by atoms with Crippen molar-refractivity contribution in [2.75, 3.05) is 0 Å². The van der Waals surface area contributed by atoms with Crippen molar-refractivity contribution in [1.29, 1.82) is 0 Å². The Labute approximate surface area is 139 Å². The molecular weight excluding hydrogens is 338 g/mol. The fourth-order valence-electron chi connectivity index (χ4n) is 2.14. The highest BCUT2D eigenvalue weighted by molar-refractivity contribution is 7.13. The van der Waals surface area contributed by atoms with Gasteiger partial charge in [-0.3, -0.25) is 14.9 Å². The number of para-hydroxylation sites is 1. The Balaban J connectivity index is 2.08. The van der Waals surface area contributed by atoms with Gasteiger partial charge in [0.2, 0.25) is 0 Å². The van der Waals surface area contributed by atoms with Crippen molar-refractivity contribution in [2.24, 2.45) is 0 Å². The molecule has 1 N–H and O–H groups in total. The number of H-pyrrole nitrogens is 1. The SMILES string of the molecule is Cc1cccc2c(=O)[nH]c(/C(Cl)=C\c3csc([N+](=O)[O-])c3)nc12. The van der Waals surface area contributed by atoms with Crippen LogP contribution >= 0.6 is 22.9 Å². The summed E-state index contributed by atoms with van der Waals surface area (Å²) in [5, 5.41) is 13.0. The second-order valence-corrected chi connectivity index (χ2v) is 6.15. The molecule has 23 heavy (non-hydrogen) atoms. The summed E-state index contributed by atoms with van der Waals surface area (Å²) in [5.41, 5.74) is 1.75. The van der Waals surface area contributed by atoms with Crippen molar-refractivity contribution >= 4 is 50.0 Å². The van der Waals surface area contributed by atoms with Crippen molar-refractivity contribution in [3.05, 3.63) is 67.1 Å². The van der Waals surface area contributed by atoms with Crippen LogP contribution in [-0.4, -0.2) is 14.9 Å². The summed E-state index contributed by atoms with van der Waals surface area (Å²) < 4.78 is 0. The van der Waals surface area contributed by atoms with Gasteiger partial charge in [-0.25, -0.2) is 4.98 Å². The number of halogens is 1. The number of thiophene rings is 1. The molecular formula is C15H10ClN3O3S. The molecule has 3 rings (SSSR count). The summed E-state index contributed by atoms with van der Waals surface area (Å²) in [6.45, 7) is 1.86. The van der Waals surface area contributed by atoms with Crippen LogP contribution in [0.2, 0.25) is 0 Å². The van der Waals surface area contributed by atoms with Gasteiger partial charge in [0.1, 0.15) is 0 Å². The monoisotopic (exact) mass is 347 g/mol. The van der Waals surface area contributed by atoms with Crippen LogP contribution in [0.25, 0.3) is 22.0 Å². The second-order valence-electron chi connectivity index (χ2n) is 4.85. The van der Waals surface area contributed by atoms with Crippen molar-refractivity contribution in [3.8, 4) is 0 Å². The average Bonchev–Trinajstić information content (AvgIpc) is 2.97. The Hall–Kier alpha value is -2.51. The first-order valence-electron chi connectivity index (χ1n) is 6.56. The summed E-state index contributed by atoms with van der Waals surface area (Å²) in [4.78, 5) is 29.4. The Kier molecular flexibility index (Phi) is 3.97. The molecule has 6 nitrogen and oxygen atoms in total. The van der Waals surface area contributed by atoms with E-state index in [1.54, 1.807) is 17.5 Å². The quantitative estimate of drug-likeness (QED) is 0.574. The maximum absolute atomic E-state index is 12.1. The maximum atomic E-state index is 12.1. The summed E-state index contributed by atoms with van der Waals surface area (Å²) in [6.07, 6.45) is 1.54. The predicted octanol–water partition coefficient (Wildman–Crippen LogP) is 3.94. The molecule has 0 radical (unpaired) electrons. The molecule has 0 amide bonds. The Morgan fingerprint density at radius 2 is 2.26 bits per heavy atom. The molecule has 0 aliphatic heterocycles. The van der Waals surface area contributed by atoms with Crippen LogP contribution in [0.3, 0.4) is 0 Å². The fraction of sp³-hybridized carbons (Fsp3) is 0.0667. The number of aryl methyl sites for hydroxylation is 1. The van der Waals surface area contributed by atoms with E-state index in [4.69, 9.17) is 11.6 Å². The molecule has 1 aromatic carbocycles. The lowest BCUT2D eigenvalue weighted by Crippen LogP contribution is -2.11. The van der Waals surface area contributed by atoms with Crippen molar-refractivity contribution < 1.29 is 4.92 Å². The lowest BCUT2D eigenvalue weighted by molar-refractivity contribution is -0.380. The number of hydrogen-bond donors (Lipinski definition) is 1. The van der Waals surface area contributed by atoms with Gasteiger partial charge in [-0.2, -0.15) is 0 Å². The molecule has 2 heterocycles. The topological polar surface area (TPSA) is 88.9 Å². The van der Waals surface area contributed by atoms with Crippen LogP contribution in [-0.2, 0) is 0 Å². The number of nitro groups is 1. The number of nitrogens with one attached hydrogen (secondary N) is 1. The van der Waals surface area contributed by atoms with E-state index in [0.29, 0.717) is 16.5 Å². The van der Waals surface area contributed by atoms with Crippen LogP contribution in [0.15, 0.2) is 34.4 Å².